The van der Waals surface area contributed by atoms with E-state index in [-0.39, 0.29) is 0 Å². The molecule has 1 aliphatic rings. The van der Waals surface area contributed by atoms with Crippen LogP contribution in [0, 0.1) is 6.92 Å². The van der Waals surface area contributed by atoms with Crippen LogP contribution in [0.1, 0.15) is 12.0 Å². The Labute approximate surface area is 91.3 Å². The molecule has 15 heavy (non-hydrogen) atoms. The van der Waals surface area contributed by atoms with Crippen molar-refractivity contribution in [1.82, 2.24) is 4.90 Å². The summed E-state index contributed by atoms with van der Waals surface area (Å²) in [4.78, 5) is 2.34. The van der Waals surface area contributed by atoms with Gasteiger partial charge in [-0.2, -0.15) is 0 Å². The van der Waals surface area contributed by atoms with Gasteiger partial charge in [-0.1, -0.05) is 0 Å². The Morgan fingerprint density at radius 3 is 2.80 bits per heavy atom. The highest BCUT2D eigenvalue weighted by molar-refractivity contribution is 5.57. The highest BCUT2D eigenvalue weighted by atomic mass is 15.2. The third-order valence-electron chi connectivity index (χ3n) is 2.86. The molecule has 1 heterocycles. The molecule has 3 heteroatoms. The standard InChI is InChI=1S/C12H19N3/c1-9-5-10(13)7-12(6-9)14-11-3-4-15(2)8-11/h5-7,11,14H,3-4,8,13H2,1-2H3. The molecule has 1 fully saturated rings. The predicted octanol–water partition coefficient (Wildman–Crippen LogP) is 1.69. The van der Waals surface area contributed by atoms with Crippen molar-refractivity contribution < 1.29 is 0 Å². The van der Waals surface area contributed by atoms with Crippen molar-refractivity contribution in [3.05, 3.63) is 23.8 Å². The van der Waals surface area contributed by atoms with Crippen LogP contribution in [0.5, 0.6) is 0 Å². The minimum atomic E-state index is 0.566. The number of hydrogen-bond acceptors (Lipinski definition) is 3. The molecule has 1 aliphatic heterocycles. The second kappa shape index (κ2) is 4.11. The molecule has 1 atom stereocenters. The zero-order valence-electron chi connectivity index (χ0n) is 9.46. The molecule has 0 aliphatic carbocycles. The van der Waals surface area contributed by atoms with Gasteiger partial charge in [0.2, 0.25) is 0 Å². The van der Waals surface area contributed by atoms with Crippen molar-refractivity contribution in [3.8, 4) is 0 Å². The van der Waals surface area contributed by atoms with E-state index < -0.39 is 0 Å². The van der Waals surface area contributed by atoms with Crippen LogP contribution < -0.4 is 11.1 Å². The van der Waals surface area contributed by atoms with Crippen LogP contribution in [-0.4, -0.2) is 31.1 Å². The van der Waals surface area contributed by atoms with Crippen LogP contribution in [0.3, 0.4) is 0 Å². The van der Waals surface area contributed by atoms with Gasteiger partial charge in [0.15, 0.2) is 0 Å². The maximum absolute atomic E-state index is 5.81. The van der Waals surface area contributed by atoms with E-state index in [1.54, 1.807) is 0 Å². The number of likely N-dealkylation sites (N-methyl/N-ethyl adjacent to an activating group) is 1. The van der Waals surface area contributed by atoms with Crippen molar-refractivity contribution in [2.24, 2.45) is 0 Å². The van der Waals surface area contributed by atoms with Gasteiger partial charge < -0.3 is 16.0 Å². The van der Waals surface area contributed by atoms with Crippen molar-refractivity contribution in [2.75, 3.05) is 31.2 Å². The minimum absolute atomic E-state index is 0.566. The molecule has 1 unspecified atom stereocenters. The second-order valence-corrected chi connectivity index (χ2v) is 4.52. The molecule has 0 aromatic heterocycles. The van der Waals surface area contributed by atoms with Gasteiger partial charge in [-0.05, 0) is 50.7 Å². The molecule has 1 aromatic rings. The Bertz CT molecular complexity index is 328. The summed E-state index contributed by atoms with van der Waals surface area (Å²) >= 11 is 0. The lowest BCUT2D eigenvalue weighted by atomic mass is 10.1. The highest BCUT2D eigenvalue weighted by Crippen LogP contribution is 2.19. The smallest absolute Gasteiger partial charge is 0.0400 e. The van der Waals surface area contributed by atoms with Gasteiger partial charge in [-0.15, -0.1) is 0 Å². The van der Waals surface area contributed by atoms with Crippen molar-refractivity contribution in [2.45, 2.75) is 19.4 Å². The number of likely N-dealkylation sites (tertiary alicyclic amines) is 1. The number of aryl methyl sites for hydroxylation is 1. The summed E-state index contributed by atoms with van der Waals surface area (Å²) in [6, 6.07) is 6.71. The molecular weight excluding hydrogens is 186 g/mol. The van der Waals surface area contributed by atoms with Crippen molar-refractivity contribution in [1.29, 1.82) is 0 Å². The normalized spacial score (nSPS) is 21.9. The molecule has 3 N–H and O–H groups in total. The van der Waals surface area contributed by atoms with E-state index in [9.17, 15) is 0 Å². The van der Waals surface area contributed by atoms with E-state index in [0.717, 1.165) is 17.9 Å². The Morgan fingerprint density at radius 1 is 1.40 bits per heavy atom. The first kappa shape index (κ1) is 10.3. The number of nitrogens with one attached hydrogen (secondary N) is 1. The summed E-state index contributed by atoms with van der Waals surface area (Å²) in [5.74, 6) is 0. The zero-order valence-corrected chi connectivity index (χ0v) is 9.46. The summed E-state index contributed by atoms with van der Waals surface area (Å²) in [6.45, 7) is 4.37. The molecule has 1 aromatic carbocycles. The maximum atomic E-state index is 5.81. The number of benzene rings is 1. The molecule has 2 rings (SSSR count). The monoisotopic (exact) mass is 205 g/mol. The summed E-state index contributed by atoms with van der Waals surface area (Å²) in [6.07, 6.45) is 1.21. The van der Waals surface area contributed by atoms with E-state index >= 15 is 0 Å². The molecule has 0 amide bonds. The Hall–Kier alpha value is -1.22. The molecule has 1 saturated heterocycles. The van der Waals surface area contributed by atoms with Crippen LogP contribution in [0.15, 0.2) is 18.2 Å². The van der Waals surface area contributed by atoms with Crippen LogP contribution in [0.25, 0.3) is 0 Å². The molecule has 0 spiro atoms. The number of rotatable bonds is 2. The summed E-state index contributed by atoms with van der Waals surface area (Å²) in [5.41, 5.74) is 9.01. The van der Waals surface area contributed by atoms with E-state index in [1.807, 2.05) is 12.1 Å². The van der Waals surface area contributed by atoms with Crippen molar-refractivity contribution >= 4 is 11.4 Å². The SMILES string of the molecule is Cc1cc(N)cc(NC2CCN(C)C2)c1. The number of nitrogen functional groups attached to an aromatic ring is 1. The minimum Gasteiger partial charge on any atom is -0.399 e. The van der Waals surface area contributed by atoms with Crippen LogP contribution >= 0.6 is 0 Å². The quantitative estimate of drug-likeness (QED) is 0.722. The van der Waals surface area contributed by atoms with Gasteiger partial charge in [0, 0.05) is 24.0 Å². The van der Waals surface area contributed by atoms with Gasteiger partial charge >= 0.3 is 0 Å². The number of hydrogen-bond donors (Lipinski definition) is 2. The average Bonchev–Trinajstić information content (AvgIpc) is 2.49. The molecule has 82 valence electrons. The molecular formula is C12H19N3. The van der Waals surface area contributed by atoms with Crippen LogP contribution in [-0.2, 0) is 0 Å². The summed E-state index contributed by atoms with van der Waals surface area (Å²) in [5, 5.41) is 3.53. The van der Waals surface area contributed by atoms with Gasteiger partial charge in [-0.3, -0.25) is 0 Å². The van der Waals surface area contributed by atoms with Gasteiger partial charge in [0.25, 0.3) is 0 Å². The predicted molar refractivity (Wildman–Crippen MR) is 65.1 cm³/mol. The van der Waals surface area contributed by atoms with Gasteiger partial charge in [0.05, 0.1) is 0 Å². The largest absolute Gasteiger partial charge is 0.399 e. The molecule has 0 radical (unpaired) electrons. The van der Waals surface area contributed by atoms with Crippen LogP contribution in [0.4, 0.5) is 11.4 Å². The summed E-state index contributed by atoms with van der Waals surface area (Å²) < 4.78 is 0. The molecule has 0 saturated carbocycles. The molecule has 0 bridgehead atoms. The lowest BCUT2D eigenvalue weighted by molar-refractivity contribution is 0.414. The third kappa shape index (κ3) is 2.63. The van der Waals surface area contributed by atoms with E-state index in [4.69, 9.17) is 5.73 Å². The van der Waals surface area contributed by atoms with Crippen LogP contribution in [0.2, 0.25) is 0 Å². The first-order valence-corrected chi connectivity index (χ1v) is 5.46. The first-order valence-electron chi connectivity index (χ1n) is 5.46. The van der Waals surface area contributed by atoms with E-state index in [2.05, 4.69) is 30.3 Å². The van der Waals surface area contributed by atoms with Gasteiger partial charge in [0.1, 0.15) is 0 Å². The van der Waals surface area contributed by atoms with Gasteiger partial charge in [-0.25, -0.2) is 0 Å². The highest BCUT2D eigenvalue weighted by Gasteiger charge is 2.18. The number of nitrogens with zero attached hydrogens (tertiary/aromatic N) is 1. The fraction of sp³-hybridized carbons (Fsp3) is 0.500. The maximum Gasteiger partial charge on any atom is 0.0400 e. The van der Waals surface area contributed by atoms with E-state index in [1.165, 1.54) is 18.5 Å². The van der Waals surface area contributed by atoms with E-state index in [0.29, 0.717) is 6.04 Å². The second-order valence-electron chi connectivity index (χ2n) is 4.52. The zero-order chi connectivity index (χ0) is 10.8. The lowest BCUT2D eigenvalue weighted by Crippen LogP contribution is -2.23. The van der Waals surface area contributed by atoms with Crippen molar-refractivity contribution in [3.63, 3.8) is 0 Å². The number of anilines is 2. The average molecular weight is 205 g/mol. The molecule has 3 nitrogen and oxygen atoms in total. The Morgan fingerprint density at radius 2 is 2.20 bits per heavy atom. The number of nitrogens with two attached hydrogens (primary N) is 1. The summed E-state index contributed by atoms with van der Waals surface area (Å²) in [7, 11) is 2.16. The Kier molecular flexibility index (Phi) is 2.82. The lowest BCUT2D eigenvalue weighted by Gasteiger charge is -2.15. The topological polar surface area (TPSA) is 41.3 Å². The Balaban J connectivity index is 2.04. The first-order chi connectivity index (χ1) is 7.13. The fourth-order valence-corrected chi connectivity index (χ4v) is 2.18. The fourth-order valence-electron chi connectivity index (χ4n) is 2.18. The third-order valence-corrected chi connectivity index (χ3v) is 2.86.